The van der Waals surface area contributed by atoms with E-state index in [1.165, 1.54) is 4.68 Å². The number of anilines is 1. The lowest BCUT2D eigenvalue weighted by Crippen LogP contribution is -2.49. The summed E-state index contributed by atoms with van der Waals surface area (Å²) in [6.45, 7) is 4.28. The van der Waals surface area contributed by atoms with Crippen LogP contribution in [0, 0.1) is 13.8 Å². The van der Waals surface area contributed by atoms with E-state index >= 15 is 0 Å². The van der Waals surface area contributed by atoms with E-state index in [1.54, 1.807) is 23.6 Å². The normalized spacial score (nSPS) is 15.1. The van der Waals surface area contributed by atoms with Crippen LogP contribution < -0.4 is 4.90 Å². The summed E-state index contributed by atoms with van der Waals surface area (Å²) in [5, 5.41) is 3.13. The Bertz CT molecular complexity index is 1210. The third-order valence-corrected chi connectivity index (χ3v) is 6.36. The monoisotopic (exact) mass is 520 g/mol. The molecule has 0 N–H and O–H groups in total. The highest BCUT2D eigenvalue weighted by atomic mass is 32.1. The lowest BCUT2D eigenvalue weighted by Gasteiger charge is -2.35. The third kappa shape index (κ3) is 5.36. The summed E-state index contributed by atoms with van der Waals surface area (Å²) in [7, 11) is 0. The van der Waals surface area contributed by atoms with E-state index in [9.17, 15) is 31.1 Å². The summed E-state index contributed by atoms with van der Waals surface area (Å²) >= 11 is 0.381. The molecule has 3 aromatic rings. The van der Waals surface area contributed by atoms with Gasteiger partial charge in [0.2, 0.25) is 16.7 Å². The standard InChI is InChI=1S/C19H18F6N8OS/c1-10-28-11(2)33(30-10)9-13(34)31-3-5-32(6-4-31)15-14(29-17(35-15)19(23,24)25)12-7-26-16(27-8-12)18(20,21)22/h7-8H,3-6,9H2,1-2H3. The van der Waals surface area contributed by atoms with Crippen LogP contribution in [0.1, 0.15) is 22.5 Å². The van der Waals surface area contributed by atoms with Gasteiger partial charge in [0.25, 0.3) is 0 Å². The second-order valence-electron chi connectivity index (χ2n) is 7.70. The Balaban J connectivity index is 1.53. The number of piperazine rings is 1. The van der Waals surface area contributed by atoms with Crippen molar-refractivity contribution in [3.8, 4) is 11.3 Å². The minimum atomic E-state index is -4.78. The fourth-order valence-electron chi connectivity index (χ4n) is 3.53. The maximum absolute atomic E-state index is 13.4. The van der Waals surface area contributed by atoms with E-state index in [1.807, 2.05) is 0 Å². The molecule has 16 heteroatoms. The van der Waals surface area contributed by atoms with Crippen LogP contribution >= 0.6 is 11.3 Å². The van der Waals surface area contributed by atoms with Crippen molar-refractivity contribution in [1.82, 2.24) is 34.6 Å². The number of nitrogens with zero attached hydrogens (tertiary/aromatic N) is 8. The Morgan fingerprint density at radius 2 is 1.60 bits per heavy atom. The number of alkyl halides is 6. The first-order valence-electron chi connectivity index (χ1n) is 10.2. The Hall–Kier alpha value is -3.30. The molecule has 0 spiro atoms. The molecule has 0 aliphatic carbocycles. The quantitative estimate of drug-likeness (QED) is 0.488. The largest absolute Gasteiger partial charge is 0.451 e. The van der Waals surface area contributed by atoms with Gasteiger partial charge in [0.15, 0.2) is 0 Å². The fourth-order valence-corrected chi connectivity index (χ4v) is 4.54. The van der Waals surface area contributed by atoms with Gasteiger partial charge in [-0.05, 0) is 13.8 Å². The Kier molecular flexibility index (Phi) is 6.42. The molecule has 4 rings (SSSR count). The van der Waals surface area contributed by atoms with Gasteiger partial charge in [-0.25, -0.2) is 24.6 Å². The molecule has 0 aromatic carbocycles. The van der Waals surface area contributed by atoms with Gasteiger partial charge in [0, 0.05) is 44.1 Å². The van der Waals surface area contributed by atoms with E-state index in [-0.39, 0.29) is 54.9 Å². The molecule has 188 valence electrons. The van der Waals surface area contributed by atoms with E-state index in [0.717, 1.165) is 12.4 Å². The predicted octanol–water partition coefficient (Wildman–Crippen LogP) is 3.19. The zero-order valence-corrected chi connectivity index (χ0v) is 19.2. The van der Waals surface area contributed by atoms with Crippen LogP contribution in [0.15, 0.2) is 12.4 Å². The molecule has 3 aromatic heterocycles. The van der Waals surface area contributed by atoms with Crippen molar-refractivity contribution < 1.29 is 31.1 Å². The summed E-state index contributed by atoms with van der Waals surface area (Å²) in [6.07, 6.45) is -7.92. The highest BCUT2D eigenvalue weighted by molar-refractivity contribution is 7.16. The van der Waals surface area contributed by atoms with Crippen LogP contribution in [-0.4, -0.2) is 66.7 Å². The zero-order chi connectivity index (χ0) is 25.5. The van der Waals surface area contributed by atoms with E-state index in [2.05, 4.69) is 25.0 Å². The molecule has 1 aliphatic rings. The first kappa shape index (κ1) is 24.8. The second kappa shape index (κ2) is 9.05. The number of hydrogen-bond acceptors (Lipinski definition) is 8. The summed E-state index contributed by atoms with van der Waals surface area (Å²) in [5.74, 6) is -0.499. The number of rotatable bonds is 4. The van der Waals surface area contributed by atoms with Crippen molar-refractivity contribution in [3.63, 3.8) is 0 Å². The van der Waals surface area contributed by atoms with Gasteiger partial charge >= 0.3 is 12.4 Å². The smallest absolute Gasteiger partial charge is 0.358 e. The van der Waals surface area contributed by atoms with Gasteiger partial charge in [-0.3, -0.25) is 4.79 Å². The van der Waals surface area contributed by atoms with Crippen molar-refractivity contribution in [2.75, 3.05) is 31.1 Å². The van der Waals surface area contributed by atoms with Gasteiger partial charge in [-0.2, -0.15) is 31.4 Å². The molecule has 1 saturated heterocycles. The molecule has 1 fully saturated rings. The van der Waals surface area contributed by atoms with Crippen molar-refractivity contribution in [2.45, 2.75) is 32.7 Å². The number of aryl methyl sites for hydroxylation is 2. The molecule has 0 unspecified atom stereocenters. The number of amides is 1. The SMILES string of the molecule is Cc1nc(C)n(CC(=O)N2CCN(c3sc(C(F)(F)F)nc3-c3cnc(C(F)(F)F)nc3)CC2)n1. The summed E-state index contributed by atoms with van der Waals surface area (Å²) in [5.41, 5.74) is -0.236. The average molecular weight is 520 g/mol. The lowest BCUT2D eigenvalue weighted by molar-refractivity contribution is -0.145. The summed E-state index contributed by atoms with van der Waals surface area (Å²) < 4.78 is 79.9. The van der Waals surface area contributed by atoms with Crippen molar-refractivity contribution in [2.24, 2.45) is 0 Å². The highest BCUT2D eigenvalue weighted by Crippen LogP contribution is 2.42. The maximum atomic E-state index is 13.4. The molecule has 35 heavy (non-hydrogen) atoms. The molecule has 4 heterocycles. The maximum Gasteiger partial charge on any atom is 0.451 e. The lowest BCUT2D eigenvalue weighted by atomic mass is 10.2. The van der Waals surface area contributed by atoms with Crippen LogP contribution in [0.25, 0.3) is 11.3 Å². The molecule has 9 nitrogen and oxygen atoms in total. The second-order valence-corrected chi connectivity index (χ2v) is 8.67. The van der Waals surface area contributed by atoms with Crippen LogP contribution in [0.5, 0.6) is 0 Å². The van der Waals surface area contributed by atoms with Gasteiger partial charge in [-0.1, -0.05) is 11.3 Å². The number of thiazole rings is 1. The first-order valence-corrected chi connectivity index (χ1v) is 11.0. The number of carbonyl (C=O) groups is 1. The van der Waals surface area contributed by atoms with Crippen LogP contribution in [-0.2, 0) is 23.7 Å². The zero-order valence-electron chi connectivity index (χ0n) is 18.4. The van der Waals surface area contributed by atoms with Crippen LogP contribution in [0.3, 0.4) is 0 Å². The molecular formula is C19H18F6N8OS. The number of halogens is 6. The number of hydrogen-bond donors (Lipinski definition) is 0. The molecule has 1 amide bonds. The van der Waals surface area contributed by atoms with E-state index in [0.29, 0.717) is 23.0 Å². The molecule has 1 aliphatic heterocycles. The number of carbonyl (C=O) groups excluding carboxylic acids is 1. The van der Waals surface area contributed by atoms with Crippen molar-refractivity contribution >= 4 is 22.2 Å². The van der Waals surface area contributed by atoms with Crippen LogP contribution in [0.4, 0.5) is 31.3 Å². The highest BCUT2D eigenvalue weighted by Gasteiger charge is 2.38. The Morgan fingerprint density at radius 3 is 2.11 bits per heavy atom. The van der Waals surface area contributed by atoms with Gasteiger partial charge in [0.1, 0.15) is 28.9 Å². The summed E-state index contributed by atoms with van der Waals surface area (Å²) in [6, 6.07) is 0. The molecule has 0 radical (unpaired) electrons. The minimum absolute atomic E-state index is 0.0143. The molecule has 0 bridgehead atoms. The predicted molar refractivity (Wildman–Crippen MR) is 111 cm³/mol. The van der Waals surface area contributed by atoms with Crippen molar-refractivity contribution in [3.05, 3.63) is 34.9 Å². The van der Waals surface area contributed by atoms with Crippen molar-refractivity contribution in [1.29, 1.82) is 0 Å². The third-order valence-electron chi connectivity index (χ3n) is 5.20. The molecule has 0 saturated carbocycles. The van der Waals surface area contributed by atoms with Gasteiger partial charge < -0.3 is 9.80 Å². The number of aromatic nitrogens is 6. The minimum Gasteiger partial charge on any atom is -0.358 e. The fraction of sp³-hybridized carbons (Fsp3) is 0.474. The van der Waals surface area contributed by atoms with Gasteiger partial charge in [-0.15, -0.1) is 0 Å². The van der Waals surface area contributed by atoms with Crippen LogP contribution in [0.2, 0.25) is 0 Å². The summed E-state index contributed by atoms with van der Waals surface area (Å²) in [4.78, 5) is 30.1. The Labute approximate surface area is 198 Å². The average Bonchev–Trinajstić information content (AvgIpc) is 3.36. The molecule has 0 atom stereocenters. The Morgan fingerprint density at radius 1 is 0.971 bits per heavy atom. The topological polar surface area (TPSA) is 92.9 Å². The first-order chi connectivity index (χ1) is 16.3. The van der Waals surface area contributed by atoms with Gasteiger partial charge in [0.05, 0.1) is 0 Å². The molecular weight excluding hydrogens is 502 g/mol. The van der Waals surface area contributed by atoms with E-state index in [4.69, 9.17) is 0 Å². The van der Waals surface area contributed by atoms with E-state index < -0.39 is 23.2 Å².